The number of aromatic nitrogens is 1. The molecule has 0 aliphatic rings. The molecule has 0 spiro atoms. The number of halogens is 2. The van der Waals surface area contributed by atoms with Crippen LogP contribution >= 0.6 is 0 Å². The van der Waals surface area contributed by atoms with Crippen LogP contribution in [0.5, 0.6) is 0 Å². The third-order valence-corrected chi connectivity index (χ3v) is 2.99. The quantitative estimate of drug-likeness (QED) is 0.789. The first-order valence-electron chi connectivity index (χ1n) is 6.47. The Balaban J connectivity index is 1.92. The van der Waals surface area contributed by atoms with Crippen molar-refractivity contribution >= 4 is 0 Å². The van der Waals surface area contributed by atoms with Crippen LogP contribution in [-0.2, 0) is 17.8 Å². The van der Waals surface area contributed by atoms with Crippen molar-refractivity contribution < 1.29 is 13.5 Å². The zero-order chi connectivity index (χ0) is 14.4. The van der Waals surface area contributed by atoms with Gasteiger partial charge in [-0.25, -0.2) is 8.78 Å². The van der Waals surface area contributed by atoms with Gasteiger partial charge in [0.15, 0.2) is 0 Å². The molecule has 0 aliphatic carbocycles. The van der Waals surface area contributed by atoms with E-state index in [1.807, 2.05) is 23.0 Å². The van der Waals surface area contributed by atoms with Gasteiger partial charge < -0.3 is 14.6 Å². The molecular weight excluding hydrogens is 262 g/mol. The van der Waals surface area contributed by atoms with Crippen LogP contribution in [-0.4, -0.2) is 24.8 Å². The van der Waals surface area contributed by atoms with E-state index in [1.165, 1.54) is 12.1 Å². The fraction of sp³-hybridized carbons (Fsp3) is 0.333. The fourth-order valence-electron chi connectivity index (χ4n) is 1.95. The number of methoxy groups -OCH3 is 1. The summed E-state index contributed by atoms with van der Waals surface area (Å²) in [6.45, 7) is 2.59. The molecular formula is C15H18F2N2O. The second kappa shape index (κ2) is 7.17. The van der Waals surface area contributed by atoms with Crippen molar-refractivity contribution in [2.45, 2.75) is 13.1 Å². The minimum atomic E-state index is -0.554. The second-order valence-electron chi connectivity index (χ2n) is 4.60. The molecule has 108 valence electrons. The summed E-state index contributed by atoms with van der Waals surface area (Å²) in [7, 11) is 1.66. The zero-order valence-corrected chi connectivity index (χ0v) is 11.4. The summed E-state index contributed by atoms with van der Waals surface area (Å²) >= 11 is 0. The zero-order valence-electron chi connectivity index (χ0n) is 11.4. The van der Waals surface area contributed by atoms with E-state index >= 15 is 0 Å². The van der Waals surface area contributed by atoms with Gasteiger partial charge in [0, 0.05) is 50.8 Å². The van der Waals surface area contributed by atoms with Crippen molar-refractivity contribution in [3.8, 4) is 0 Å². The van der Waals surface area contributed by atoms with Crippen LogP contribution in [0.15, 0.2) is 36.7 Å². The maximum Gasteiger partial charge on any atom is 0.131 e. The van der Waals surface area contributed by atoms with Gasteiger partial charge in [-0.2, -0.15) is 0 Å². The van der Waals surface area contributed by atoms with E-state index in [2.05, 4.69) is 5.32 Å². The van der Waals surface area contributed by atoms with Crippen molar-refractivity contribution in [1.29, 1.82) is 0 Å². The topological polar surface area (TPSA) is 26.2 Å². The highest BCUT2D eigenvalue weighted by Gasteiger charge is 2.05. The van der Waals surface area contributed by atoms with Crippen molar-refractivity contribution in [1.82, 2.24) is 9.88 Å². The Morgan fingerprint density at radius 2 is 2.10 bits per heavy atom. The molecule has 1 aromatic heterocycles. The molecule has 2 rings (SSSR count). The molecule has 0 radical (unpaired) electrons. The lowest BCUT2D eigenvalue weighted by Gasteiger charge is -2.05. The number of ether oxygens (including phenoxy) is 1. The molecule has 2 aromatic rings. The van der Waals surface area contributed by atoms with Gasteiger partial charge in [0.05, 0.1) is 6.61 Å². The van der Waals surface area contributed by atoms with Crippen LogP contribution in [0.1, 0.15) is 11.1 Å². The van der Waals surface area contributed by atoms with Crippen LogP contribution in [0.4, 0.5) is 8.78 Å². The Kier molecular flexibility index (Phi) is 5.26. The largest absolute Gasteiger partial charge is 0.383 e. The SMILES string of the molecule is COCCNCc1ccn(Cc2ccc(F)cc2F)c1. The maximum atomic E-state index is 13.6. The monoisotopic (exact) mass is 280 g/mol. The predicted molar refractivity (Wildman–Crippen MR) is 73.5 cm³/mol. The molecule has 0 aliphatic heterocycles. The first-order valence-corrected chi connectivity index (χ1v) is 6.47. The second-order valence-corrected chi connectivity index (χ2v) is 4.60. The summed E-state index contributed by atoms with van der Waals surface area (Å²) in [6, 6.07) is 5.63. The highest BCUT2D eigenvalue weighted by molar-refractivity contribution is 5.20. The molecule has 0 saturated heterocycles. The number of hydrogen-bond acceptors (Lipinski definition) is 2. The fourth-order valence-corrected chi connectivity index (χ4v) is 1.95. The summed E-state index contributed by atoms with van der Waals surface area (Å²) in [5.41, 5.74) is 1.59. The molecule has 0 fully saturated rings. The first-order chi connectivity index (χ1) is 9.69. The van der Waals surface area contributed by atoms with Gasteiger partial charge >= 0.3 is 0 Å². The van der Waals surface area contributed by atoms with Gasteiger partial charge in [-0.1, -0.05) is 6.07 Å². The van der Waals surface area contributed by atoms with Crippen molar-refractivity contribution in [3.05, 3.63) is 59.4 Å². The average molecular weight is 280 g/mol. The van der Waals surface area contributed by atoms with Crippen LogP contribution < -0.4 is 5.32 Å². The van der Waals surface area contributed by atoms with Crippen LogP contribution in [0.3, 0.4) is 0 Å². The van der Waals surface area contributed by atoms with E-state index in [0.29, 0.717) is 18.7 Å². The standard InChI is InChI=1S/C15H18F2N2O/c1-20-7-5-18-9-12-4-6-19(10-12)11-13-2-3-14(16)8-15(13)17/h2-4,6,8,10,18H,5,7,9,11H2,1H3. The van der Waals surface area contributed by atoms with Gasteiger partial charge in [0.2, 0.25) is 0 Å². The lowest BCUT2D eigenvalue weighted by Crippen LogP contribution is -2.18. The summed E-state index contributed by atoms with van der Waals surface area (Å²) < 4.78 is 33.2. The van der Waals surface area contributed by atoms with Crippen LogP contribution in [0, 0.1) is 11.6 Å². The minimum Gasteiger partial charge on any atom is -0.383 e. The smallest absolute Gasteiger partial charge is 0.131 e. The molecule has 1 aromatic carbocycles. The molecule has 20 heavy (non-hydrogen) atoms. The molecule has 1 N–H and O–H groups in total. The first kappa shape index (κ1) is 14.7. The van der Waals surface area contributed by atoms with E-state index in [1.54, 1.807) is 7.11 Å². The summed E-state index contributed by atoms with van der Waals surface area (Å²) in [5.74, 6) is -1.07. The summed E-state index contributed by atoms with van der Waals surface area (Å²) in [6.07, 6.45) is 3.83. The highest BCUT2D eigenvalue weighted by atomic mass is 19.1. The maximum absolute atomic E-state index is 13.6. The number of nitrogens with zero attached hydrogens (tertiary/aromatic N) is 1. The molecule has 0 atom stereocenters. The molecule has 0 bridgehead atoms. The lowest BCUT2D eigenvalue weighted by atomic mass is 10.2. The Morgan fingerprint density at radius 3 is 2.85 bits per heavy atom. The van der Waals surface area contributed by atoms with Crippen molar-refractivity contribution in [2.24, 2.45) is 0 Å². The Bertz CT molecular complexity index is 555. The van der Waals surface area contributed by atoms with E-state index in [0.717, 1.165) is 24.7 Å². The molecule has 1 heterocycles. The Morgan fingerprint density at radius 1 is 1.25 bits per heavy atom. The van der Waals surface area contributed by atoms with Gasteiger partial charge in [0.25, 0.3) is 0 Å². The third-order valence-electron chi connectivity index (χ3n) is 2.99. The Hall–Kier alpha value is -1.72. The minimum absolute atomic E-state index is 0.393. The molecule has 3 nitrogen and oxygen atoms in total. The van der Waals surface area contributed by atoms with Gasteiger partial charge in [-0.3, -0.25) is 0 Å². The van der Waals surface area contributed by atoms with Crippen molar-refractivity contribution in [2.75, 3.05) is 20.3 Å². The molecule has 0 unspecified atom stereocenters. The number of benzene rings is 1. The molecule has 0 amide bonds. The van der Waals surface area contributed by atoms with Gasteiger partial charge in [0.1, 0.15) is 11.6 Å². The lowest BCUT2D eigenvalue weighted by molar-refractivity contribution is 0.199. The summed E-state index contributed by atoms with van der Waals surface area (Å²) in [5, 5.41) is 3.24. The van der Waals surface area contributed by atoms with E-state index in [9.17, 15) is 8.78 Å². The predicted octanol–water partition coefficient (Wildman–Crippen LogP) is 2.55. The van der Waals surface area contributed by atoms with E-state index in [-0.39, 0.29) is 0 Å². The van der Waals surface area contributed by atoms with Gasteiger partial charge in [-0.05, 0) is 17.7 Å². The summed E-state index contributed by atoms with van der Waals surface area (Å²) in [4.78, 5) is 0. The van der Waals surface area contributed by atoms with E-state index < -0.39 is 11.6 Å². The number of rotatable bonds is 7. The third kappa shape index (κ3) is 4.15. The number of nitrogens with one attached hydrogen (secondary N) is 1. The van der Waals surface area contributed by atoms with Crippen molar-refractivity contribution in [3.63, 3.8) is 0 Å². The van der Waals surface area contributed by atoms with Crippen LogP contribution in [0.25, 0.3) is 0 Å². The molecule has 5 heteroatoms. The van der Waals surface area contributed by atoms with E-state index in [4.69, 9.17) is 4.74 Å². The highest BCUT2D eigenvalue weighted by Crippen LogP contribution is 2.12. The Labute approximate surface area is 117 Å². The van der Waals surface area contributed by atoms with Gasteiger partial charge in [-0.15, -0.1) is 0 Å². The van der Waals surface area contributed by atoms with Crippen LogP contribution in [0.2, 0.25) is 0 Å². The molecule has 0 saturated carbocycles. The average Bonchev–Trinajstić information content (AvgIpc) is 2.86. The number of hydrogen-bond donors (Lipinski definition) is 1. The normalized spacial score (nSPS) is 10.9.